The van der Waals surface area contributed by atoms with Crippen molar-refractivity contribution >= 4 is 34.4 Å². The molecule has 0 amide bonds. The Morgan fingerprint density at radius 2 is 2.06 bits per heavy atom. The molecule has 0 radical (unpaired) electrons. The third-order valence-electron chi connectivity index (χ3n) is 2.31. The molecule has 2 rings (SSSR count). The molecule has 17 heavy (non-hydrogen) atoms. The Balaban J connectivity index is 2.25. The van der Waals surface area contributed by atoms with Gasteiger partial charge in [-0.05, 0) is 39.7 Å². The quantitative estimate of drug-likeness (QED) is 0.480. The van der Waals surface area contributed by atoms with Gasteiger partial charge in [-0.1, -0.05) is 12.1 Å². The molecule has 1 aromatic carbocycles. The van der Waals surface area contributed by atoms with Gasteiger partial charge in [0.05, 0.1) is 25.2 Å². The summed E-state index contributed by atoms with van der Waals surface area (Å²) in [5, 5.41) is 4.21. The summed E-state index contributed by atoms with van der Waals surface area (Å²) in [4.78, 5) is 11.3. The fourth-order valence-corrected chi connectivity index (χ4v) is 2.52. The minimum absolute atomic E-state index is 0.319. The van der Waals surface area contributed by atoms with Crippen LogP contribution in [0.5, 0.6) is 0 Å². The number of nitrogens with zero attached hydrogens (tertiary/aromatic N) is 2. The van der Waals surface area contributed by atoms with Gasteiger partial charge in [0.1, 0.15) is 0 Å². The van der Waals surface area contributed by atoms with Crippen LogP contribution in [0.4, 0.5) is 0 Å². The van der Waals surface area contributed by atoms with Crippen molar-refractivity contribution in [3.05, 3.63) is 42.2 Å². The number of benzene rings is 1. The van der Waals surface area contributed by atoms with Crippen LogP contribution < -0.4 is 0 Å². The first-order valence-electron chi connectivity index (χ1n) is 4.84. The van der Waals surface area contributed by atoms with Crippen molar-refractivity contribution in [2.45, 2.75) is 0 Å². The van der Waals surface area contributed by atoms with Crippen LogP contribution in [0.3, 0.4) is 0 Å². The lowest BCUT2D eigenvalue weighted by Crippen LogP contribution is -2.00. The molecular formula is C11H10IN2O2P. The molecule has 1 aromatic heterocycles. The van der Waals surface area contributed by atoms with E-state index in [9.17, 15) is 4.79 Å². The predicted octanol–water partition coefficient (Wildman–Crippen LogP) is 3.13. The minimum Gasteiger partial charge on any atom is -0.465 e. The summed E-state index contributed by atoms with van der Waals surface area (Å²) < 4.78 is 6.53. The monoisotopic (exact) mass is 360 g/mol. The van der Waals surface area contributed by atoms with Crippen LogP contribution in [0.1, 0.15) is 10.4 Å². The maximum atomic E-state index is 11.3. The Hall–Kier alpha value is -0.940. The second-order valence-electron chi connectivity index (χ2n) is 3.33. The molecule has 0 N–H and O–H groups in total. The molecule has 2 aromatic rings. The SMILES string of the molecule is COC(=O)c1ccc(-c2cnn(PI)c2)cc1. The Bertz CT molecular complexity index is 525. The first kappa shape index (κ1) is 12.5. The summed E-state index contributed by atoms with van der Waals surface area (Å²) in [6.07, 6.45) is 4.39. The second kappa shape index (κ2) is 5.60. The highest BCUT2D eigenvalue weighted by molar-refractivity contribution is 14.2. The molecule has 0 aliphatic carbocycles. The minimum atomic E-state index is -0.319. The van der Waals surface area contributed by atoms with Gasteiger partial charge in [0, 0.05) is 11.8 Å². The first-order valence-corrected chi connectivity index (χ1v) is 8.91. The average Bonchev–Trinajstić information content (AvgIpc) is 2.87. The lowest BCUT2D eigenvalue weighted by Gasteiger charge is -2.00. The van der Waals surface area contributed by atoms with Gasteiger partial charge in [-0.2, -0.15) is 5.10 Å². The second-order valence-corrected chi connectivity index (χ2v) is 5.40. The number of rotatable bonds is 3. The number of halogens is 1. The van der Waals surface area contributed by atoms with E-state index in [0.717, 1.165) is 11.1 Å². The fraction of sp³-hybridized carbons (Fsp3) is 0.0909. The predicted molar refractivity (Wildman–Crippen MR) is 76.7 cm³/mol. The number of esters is 1. The molecular weight excluding hydrogens is 350 g/mol. The number of hydrogen-bond donors (Lipinski definition) is 0. The smallest absolute Gasteiger partial charge is 0.337 e. The van der Waals surface area contributed by atoms with Crippen molar-refractivity contribution in [3.63, 3.8) is 0 Å². The first-order chi connectivity index (χ1) is 8.24. The van der Waals surface area contributed by atoms with Crippen molar-refractivity contribution in [3.8, 4) is 11.1 Å². The molecule has 1 unspecified atom stereocenters. The number of ether oxygens (including phenoxy) is 1. The molecule has 0 fully saturated rings. The average molecular weight is 360 g/mol. The van der Waals surface area contributed by atoms with E-state index < -0.39 is 0 Å². The van der Waals surface area contributed by atoms with Crippen molar-refractivity contribution in [2.75, 3.05) is 7.11 Å². The fourth-order valence-electron chi connectivity index (χ4n) is 1.43. The highest BCUT2D eigenvalue weighted by atomic mass is 127. The number of hydrogen-bond acceptors (Lipinski definition) is 3. The summed E-state index contributed by atoms with van der Waals surface area (Å²) in [6, 6.07) is 7.30. The summed E-state index contributed by atoms with van der Waals surface area (Å²) in [6.45, 7) is 0. The van der Waals surface area contributed by atoms with Gasteiger partial charge in [-0.15, -0.1) is 0 Å². The normalized spacial score (nSPS) is 10.9. The van der Waals surface area contributed by atoms with E-state index in [1.807, 2.05) is 29.0 Å². The molecule has 1 heterocycles. The molecule has 0 aliphatic heterocycles. The number of carbonyl (C=O) groups is 1. The van der Waals surface area contributed by atoms with Crippen LogP contribution >= 0.6 is 28.4 Å². The van der Waals surface area contributed by atoms with Crippen molar-refractivity contribution in [1.82, 2.24) is 9.55 Å². The molecule has 1 atom stereocenters. The Labute approximate surface area is 114 Å². The van der Waals surface area contributed by atoms with Crippen LogP contribution in [0.15, 0.2) is 36.7 Å². The van der Waals surface area contributed by atoms with Crippen LogP contribution in [-0.4, -0.2) is 22.6 Å². The van der Waals surface area contributed by atoms with E-state index in [1.165, 1.54) is 7.11 Å². The van der Waals surface area contributed by atoms with E-state index in [4.69, 9.17) is 0 Å². The third kappa shape index (κ3) is 2.84. The Kier molecular flexibility index (Phi) is 4.12. The molecule has 88 valence electrons. The van der Waals surface area contributed by atoms with E-state index in [-0.39, 0.29) is 5.97 Å². The zero-order chi connectivity index (χ0) is 12.3. The lowest BCUT2D eigenvalue weighted by atomic mass is 10.1. The van der Waals surface area contributed by atoms with Crippen molar-refractivity contribution in [1.29, 1.82) is 0 Å². The van der Waals surface area contributed by atoms with Crippen LogP contribution in [0.2, 0.25) is 0 Å². The molecule has 0 saturated heterocycles. The lowest BCUT2D eigenvalue weighted by molar-refractivity contribution is 0.0601. The zero-order valence-corrected chi connectivity index (χ0v) is 12.2. The summed E-state index contributed by atoms with van der Waals surface area (Å²) in [7, 11) is 1.38. The topological polar surface area (TPSA) is 44.1 Å². The highest BCUT2D eigenvalue weighted by Crippen LogP contribution is 2.26. The summed E-state index contributed by atoms with van der Waals surface area (Å²) >= 11 is 2.27. The van der Waals surface area contributed by atoms with E-state index in [2.05, 4.69) is 31.9 Å². The Morgan fingerprint density at radius 3 is 2.59 bits per heavy atom. The third-order valence-corrected chi connectivity index (χ3v) is 4.21. The number of carbonyl (C=O) groups excluding carboxylic acids is 1. The Morgan fingerprint density at radius 1 is 1.35 bits per heavy atom. The van der Waals surface area contributed by atoms with Gasteiger partial charge in [0.15, 0.2) is 0 Å². The molecule has 0 aliphatic rings. The van der Waals surface area contributed by atoms with E-state index in [0.29, 0.717) is 11.9 Å². The van der Waals surface area contributed by atoms with E-state index >= 15 is 0 Å². The van der Waals surface area contributed by atoms with Crippen LogP contribution in [0, 0.1) is 0 Å². The molecule has 0 saturated carbocycles. The maximum Gasteiger partial charge on any atom is 0.337 e. The van der Waals surface area contributed by atoms with E-state index in [1.54, 1.807) is 12.1 Å². The summed E-state index contributed by atoms with van der Waals surface area (Å²) in [5.41, 5.74) is 2.64. The van der Waals surface area contributed by atoms with Gasteiger partial charge >= 0.3 is 5.97 Å². The van der Waals surface area contributed by atoms with Crippen LogP contribution in [0.25, 0.3) is 11.1 Å². The van der Waals surface area contributed by atoms with Gasteiger partial charge < -0.3 is 4.74 Å². The molecule has 4 nitrogen and oxygen atoms in total. The maximum absolute atomic E-state index is 11.3. The van der Waals surface area contributed by atoms with Crippen molar-refractivity contribution < 1.29 is 9.53 Å². The molecule has 0 bridgehead atoms. The van der Waals surface area contributed by atoms with Gasteiger partial charge in [0.25, 0.3) is 0 Å². The van der Waals surface area contributed by atoms with Crippen molar-refractivity contribution in [2.24, 2.45) is 0 Å². The summed E-state index contributed by atoms with van der Waals surface area (Å²) in [5.74, 6) is -0.319. The number of methoxy groups -OCH3 is 1. The highest BCUT2D eigenvalue weighted by Gasteiger charge is 2.06. The standard InChI is InChI=1S/C11H10IN2O2P/c1-16-11(15)9-4-2-8(3-5-9)10-6-13-14(7-10)17-12/h2-7,17H,1H3. The zero-order valence-electron chi connectivity index (χ0n) is 9.05. The largest absolute Gasteiger partial charge is 0.465 e. The van der Waals surface area contributed by atoms with Gasteiger partial charge in [0.2, 0.25) is 0 Å². The number of aromatic nitrogens is 2. The van der Waals surface area contributed by atoms with Gasteiger partial charge in [-0.3, -0.25) is 0 Å². The molecule has 6 heteroatoms. The van der Waals surface area contributed by atoms with Gasteiger partial charge in [-0.25, -0.2) is 9.25 Å². The van der Waals surface area contributed by atoms with Crippen LogP contribution in [-0.2, 0) is 4.74 Å². The molecule has 0 spiro atoms.